The summed E-state index contributed by atoms with van der Waals surface area (Å²) in [5.74, 6) is 0.334. The van der Waals surface area contributed by atoms with Crippen molar-refractivity contribution in [3.05, 3.63) is 59.9 Å². The number of hydrogen-bond acceptors (Lipinski definition) is 5. The first-order chi connectivity index (χ1) is 13.6. The first kappa shape index (κ1) is 19.4. The molecule has 2 aliphatic rings. The van der Waals surface area contributed by atoms with Crippen molar-refractivity contribution in [3.63, 3.8) is 0 Å². The van der Waals surface area contributed by atoms with Crippen molar-refractivity contribution in [3.8, 4) is 5.75 Å². The molecule has 1 N–H and O–H groups in total. The molecule has 4 rings (SSSR count). The average molecular weight is 382 g/mol. The molecule has 1 atom stereocenters. The monoisotopic (exact) mass is 381 g/mol. The molecular formula is C23H31N3O2. The van der Waals surface area contributed by atoms with Crippen LogP contribution in [0.25, 0.3) is 0 Å². The van der Waals surface area contributed by atoms with Gasteiger partial charge in [0, 0.05) is 45.1 Å². The lowest BCUT2D eigenvalue weighted by atomic mass is 9.88. The van der Waals surface area contributed by atoms with Gasteiger partial charge in [-0.25, -0.2) is 0 Å². The van der Waals surface area contributed by atoms with E-state index >= 15 is 0 Å². The second-order valence-corrected chi connectivity index (χ2v) is 8.46. The van der Waals surface area contributed by atoms with Gasteiger partial charge in [-0.1, -0.05) is 12.1 Å². The lowest BCUT2D eigenvalue weighted by molar-refractivity contribution is -0.0838. The largest absolute Gasteiger partial charge is 0.508 e. The molecular weight excluding hydrogens is 350 g/mol. The fraction of sp³-hybridized carbons (Fsp3) is 0.522. The molecule has 3 heterocycles. The van der Waals surface area contributed by atoms with Gasteiger partial charge >= 0.3 is 0 Å². The summed E-state index contributed by atoms with van der Waals surface area (Å²) in [5, 5.41) is 9.44. The van der Waals surface area contributed by atoms with Crippen LogP contribution in [0, 0.1) is 0 Å². The topological polar surface area (TPSA) is 48.8 Å². The molecule has 150 valence electrons. The summed E-state index contributed by atoms with van der Waals surface area (Å²) in [4.78, 5) is 8.95. The van der Waals surface area contributed by atoms with Crippen molar-refractivity contribution >= 4 is 0 Å². The summed E-state index contributed by atoms with van der Waals surface area (Å²) < 4.78 is 6.60. The van der Waals surface area contributed by atoms with Gasteiger partial charge in [-0.15, -0.1) is 0 Å². The van der Waals surface area contributed by atoms with E-state index in [1.807, 2.05) is 24.5 Å². The Labute approximate surface area is 168 Å². The highest BCUT2D eigenvalue weighted by atomic mass is 16.5. The maximum atomic E-state index is 9.44. The SMILES string of the molecule is CN(Cc1ccncc1)CC1CCC2(CCN(Cc3ccc(O)cc3)CC2)O1. The molecule has 0 amide bonds. The van der Waals surface area contributed by atoms with E-state index < -0.39 is 0 Å². The molecule has 2 aliphatic heterocycles. The van der Waals surface area contributed by atoms with Crippen LogP contribution < -0.4 is 0 Å². The molecule has 2 fully saturated rings. The van der Waals surface area contributed by atoms with Crippen LogP contribution in [0.5, 0.6) is 5.75 Å². The number of benzene rings is 1. The minimum atomic E-state index is 0.0909. The van der Waals surface area contributed by atoms with Crippen molar-refractivity contribution in [2.75, 3.05) is 26.7 Å². The van der Waals surface area contributed by atoms with Gasteiger partial charge in [-0.05, 0) is 68.1 Å². The third-order valence-corrected chi connectivity index (χ3v) is 6.17. The van der Waals surface area contributed by atoms with Gasteiger partial charge in [-0.3, -0.25) is 14.8 Å². The predicted octanol–water partition coefficient (Wildman–Crippen LogP) is 3.43. The maximum Gasteiger partial charge on any atom is 0.115 e. The van der Waals surface area contributed by atoms with E-state index in [4.69, 9.17) is 4.74 Å². The summed E-state index contributed by atoms with van der Waals surface area (Å²) in [6.07, 6.45) is 8.65. The van der Waals surface area contributed by atoms with E-state index in [9.17, 15) is 5.11 Å². The van der Waals surface area contributed by atoms with E-state index in [1.165, 1.54) is 24.0 Å². The van der Waals surface area contributed by atoms with E-state index in [1.54, 1.807) is 12.1 Å². The molecule has 1 unspecified atom stereocenters. The van der Waals surface area contributed by atoms with Crippen LogP contribution in [0.3, 0.4) is 0 Å². The Kier molecular flexibility index (Phi) is 5.95. The zero-order valence-corrected chi connectivity index (χ0v) is 16.8. The van der Waals surface area contributed by atoms with Crippen LogP contribution in [0.15, 0.2) is 48.8 Å². The summed E-state index contributed by atoms with van der Waals surface area (Å²) in [7, 11) is 2.18. The third-order valence-electron chi connectivity index (χ3n) is 6.17. The van der Waals surface area contributed by atoms with E-state index in [0.717, 1.165) is 45.6 Å². The number of aromatic nitrogens is 1. The Morgan fingerprint density at radius 3 is 2.50 bits per heavy atom. The Bertz CT molecular complexity index is 742. The van der Waals surface area contributed by atoms with Gasteiger partial charge in [0.2, 0.25) is 0 Å². The highest BCUT2D eigenvalue weighted by Gasteiger charge is 2.42. The van der Waals surface area contributed by atoms with Crippen LogP contribution in [0.1, 0.15) is 36.8 Å². The fourth-order valence-corrected chi connectivity index (χ4v) is 4.58. The summed E-state index contributed by atoms with van der Waals surface area (Å²) >= 11 is 0. The Morgan fingerprint density at radius 2 is 1.79 bits per heavy atom. The molecule has 1 aromatic heterocycles. The second-order valence-electron chi connectivity index (χ2n) is 8.46. The number of likely N-dealkylation sites (N-methyl/N-ethyl adjacent to an activating group) is 1. The zero-order valence-electron chi connectivity index (χ0n) is 16.8. The summed E-state index contributed by atoms with van der Waals surface area (Å²) in [6.45, 7) is 5.05. The fourth-order valence-electron chi connectivity index (χ4n) is 4.58. The van der Waals surface area contributed by atoms with Gasteiger partial charge in [0.1, 0.15) is 5.75 Å². The van der Waals surface area contributed by atoms with Gasteiger partial charge in [0.25, 0.3) is 0 Å². The number of phenols is 1. The highest BCUT2D eigenvalue weighted by Crippen LogP contribution is 2.39. The molecule has 2 saturated heterocycles. The number of nitrogens with zero attached hydrogens (tertiary/aromatic N) is 3. The number of likely N-dealkylation sites (tertiary alicyclic amines) is 1. The molecule has 2 aromatic rings. The van der Waals surface area contributed by atoms with Crippen LogP contribution in [0.2, 0.25) is 0 Å². The summed E-state index contributed by atoms with van der Waals surface area (Å²) in [5.41, 5.74) is 2.65. The molecule has 0 bridgehead atoms. The predicted molar refractivity (Wildman–Crippen MR) is 110 cm³/mol. The Balaban J connectivity index is 1.23. The van der Waals surface area contributed by atoms with Gasteiger partial charge in [0.15, 0.2) is 0 Å². The first-order valence-electron chi connectivity index (χ1n) is 10.4. The molecule has 5 heteroatoms. The van der Waals surface area contributed by atoms with Crippen LogP contribution in [0.4, 0.5) is 0 Å². The van der Waals surface area contributed by atoms with Crippen molar-refractivity contribution in [1.82, 2.24) is 14.8 Å². The Hall–Kier alpha value is -1.95. The van der Waals surface area contributed by atoms with Gasteiger partial charge in [0.05, 0.1) is 11.7 Å². The normalized spacial score (nSPS) is 22.1. The van der Waals surface area contributed by atoms with Crippen molar-refractivity contribution in [2.45, 2.75) is 50.5 Å². The van der Waals surface area contributed by atoms with Crippen LogP contribution in [-0.2, 0) is 17.8 Å². The van der Waals surface area contributed by atoms with Crippen LogP contribution in [-0.4, -0.2) is 58.3 Å². The minimum absolute atomic E-state index is 0.0909. The molecule has 0 radical (unpaired) electrons. The molecule has 28 heavy (non-hydrogen) atoms. The lowest BCUT2D eigenvalue weighted by Gasteiger charge is -2.39. The number of phenolic OH excluding ortho intramolecular Hbond substituents is 1. The first-order valence-corrected chi connectivity index (χ1v) is 10.4. The molecule has 0 saturated carbocycles. The van der Waals surface area contributed by atoms with Gasteiger partial charge in [-0.2, -0.15) is 0 Å². The molecule has 0 aliphatic carbocycles. The number of piperidine rings is 1. The number of rotatable bonds is 6. The molecule has 5 nitrogen and oxygen atoms in total. The number of aromatic hydroxyl groups is 1. The lowest BCUT2D eigenvalue weighted by Crippen LogP contribution is -2.44. The quantitative estimate of drug-likeness (QED) is 0.831. The highest BCUT2D eigenvalue weighted by molar-refractivity contribution is 5.25. The molecule has 1 aromatic carbocycles. The standard InChI is InChI=1S/C23H31N3O2/c1-25(16-20-7-12-24-13-8-20)18-22-6-9-23(28-22)10-14-26(15-11-23)17-19-2-4-21(27)5-3-19/h2-5,7-8,12-13,22,27H,6,9-11,14-18H2,1H3. The average Bonchev–Trinajstić information content (AvgIpc) is 3.08. The number of pyridine rings is 1. The summed E-state index contributed by atoms with van der Waals surface area (Å²) in [6, 6.07) is 11.7. The smallest absolute Gasteiger partial charge is 0.115 e. The molecule has 1 spiro atoms. The van der Waals surface area contributed by atoms with Crippen LogP contribution >= 0.6 is 0 Å². The Morgan fingerprint density at radius 1 is 1.07 bits per heavy atom. The van der Waals surface area contributed by atoms with Crippen molar-refractivity contribution in [1.29, 1.82) is 0 Å². The van der Waals surface area contributed by atoms with Crippen molar-refractivity contribution < 1.29 is 9.84 Å². The van der Waals surface area contributed by atoms with Crippen molar-refractivity contribution in [2.24, 2.45) is 0 Å². The number of ether oxygens (including phenoxy) is 1. The minimum Gasteiger partial charge on any atom is -0.508 e. The van der Waals surface area contributed by atoms with Gasteiger partial charge < -0.3 is 9.84 Å². The number of hydrogen-bond donors (Lipinski definition) is 1. The van der Waals surface area contributed by atoms with E-state index in [0.29, 0.717) is 11.9 Å². The third kappa shape index (κ3) is 4.90. The van der Waals surface area contributed by atoms with E-state index in [-0.39, 0.29) is 5.60 Å². The maximum absolute atomic E-state index is 9.44. The second kappa shape index (κ2) is 8.60. The zero-order chi connectivity index (χ0) is 19.4. The van der Waals surface area contributed by atoms with E-state index in [2.05, 4.69) is 34.0 Å².